The fraction of sp³-hybridized carbons (Fsp3) is 0.219. The van der Waals surface area contributed by atoms with Crippen LogP contribution in [0.1, 0.15) is 21.5 Å². The number of likely N-dealkylation sites (N-methyl/N-ethyl adjacent to an activating group) is 1. The third-order valence-corrected chi connectivity index (χ3v) is 7.44. The van der Waals surface area contributed by atoms with Gasteiger partial charge in [-0.25, -0.2) is 14.6 Å². The SMILES string of the molecule is Cc1cccc(C)c1NC(=O)c1cnc(Nc2ccc(N3CCN(C)CC3)cc2)nc1Oc1ccc(-n2cncn2)cc1. The highest BCUT2D eigenvalue weighted by Crippen LogP contribution is 2.28. The molecule has 1 aliphatic rings. The molecule has 11 heteroatoms. The van der Waals surface area contributed by atoms with Gasteiger partial charge in [-0.05, 0) is 80.6 Å². The lowest BCUT2D eigenvalue weighted by atomic mass is 10.1. The Bertz CT molecular complexity index is 1680. The Labute approximate surface area is 250 Å². The van der Waals surface area contributed by atoms with E-state index < -0.39 is 0 Å². The molecular weight excluding hydrogens is 542 g/mol. The molecule has 1 aliphatic heterocycles. The third kappa shape index (κ3) is 6.47. The molecule has 0 aliphatic carbocycles. The van der Waals surface area contributed by atoms with Crippen LogP contribution in [0.2, 0.25) is 0 Å². The maximum Gasteiger partial charge on any atom is 0.262 e. The van der Waals surface area contributed by atoms with Crippen LogP contribution in [0.3, 0.4) is 0 Å². The van der Waals surface area contributed by atoms with Crippen LogP contribution in [0.5, 0.6) is 11.6 Å². The minimum Gasteiger partial charge on any atom is -0.438 e. The van der Waals surface area contributed by atoms with Gasteiger partial charge < -0.3 is 25.2 Å². The van der Waals surface area contributed by atoms with Gasteiger partial charge >= 0.3 is 0 Å². The van der Waals surface area contributed by atoms with Gasteiger partial charge in [0.05, 0.1) is 5.69 Å². The van der Waals surface area contributed by atoms with Crippen LogP contribution >= 0.6 is 0 Å². The van der Waals surface area contributed by atoms with E-state index in [0.717, 1.165) is 54.4 Å². The Morgan fingerprint density at radius 2 is 1.58 bits per heavy atom. The summed E-state index contributed by atoms with van der Waals surface area (Å²) in [6.45, 7) is 7.99. The number of amides is 1. The van der Waals surface area contributed by atoms with Crippen molar-refractivity contribution in [2.45, 2.75) is 13.8 Å². The molecule has 1 saturated heterocycles. The summed E-state index contributed by atoms with van der Waals surface area (Å²) in [4.78, 5) is 31.3. The number of hydrogen-bond donors (Lipinski definition) is 2. The van der Waals surface area contributed by atoms with Crippen molar-refractivity contribution in [2.24, 2.45) is 0 Å². The average molecular weight is 576 g/mol. The fourth-order valence-corrected chi connectivity index (χ4v) is 4.92. The van der Waals surface area contributed by atoms with Crippen molar-refractivity contribution in [1.82, 2.24) is 29.6 Å². The number of ether oxygens (including phenoxy) is 1. The van der Waals surface area contributed by atoms with Crippen LogP contribution in [0.15, 0.2) is 85.6 Å². The molecule has 0 spiro atoms. The number of nitrogens with one attached hydrogen (secondary N) is 2. The van der Waals surface area contributed by atoms with Gasteiger partial charge in [-0.3, -0.25) is 4.79 Å². The van der Waals surface area contributed by atoms with E-state index in [1.807, 2.05) is 56.3 Å². The van der Waals surface area contributed by atoms with E-state index in [4.69, 9.17) is 4.74 Å². The topological polar surface area (TPSA) is 113 Å². The molecule has 3 heterocycles. The maximum absolute atomic E-state index is 13.5. The third-order valence-electron chi connectivity index (χ3n) is 7.44. The lowest BCUT2D eigenvalue weighted by molar-refractivity contribution is 0.102. The first-order valence-electron chi connectivity index (χ1n) is 14.1. The predicted octanol–water partition coefficient (Wildman–Crippen LogP) is 5.21. The number of aromatic nitrogens is 5. The zero-order chi connectivity index (χ0) is 29.8. The van der Waals surface area contributed by atoms with Crippen LogP contribution in [-0.2, 0) is 0 Å². The number of carbonyl (C=O) groups is 1. The van der Waals surface area contributed by atoms with Crippen molar-refractivity contribution in [2.75, 3.05) is 48.8 Å². The molecule has 0 bridgehead atoms. The summed E-state index contributed by atoms with van der Waals surface area (Å²) in [5, 5.41) is 10.4. The normalized spacial score (nSPS) is 13.5. The molecule has 0 saturated carbocycles. The van der Waals surface area contributed by atoms with Gasteiger partial charge in [0.1, 0.15) is 24.0 Å². The minimum absolute atomic E-state index is 0.129. The summed E-state index contributed by atoms with van der Waals surface area (Å²) in [6, 6.07) is 21.3. The highest BCUT2D eigenvalue weighted by molar-refractivity contribution is 6.06. The molecule has 2 N–H and O–H groups in total. The van der Waals surface area contributed by atoms with Crippen molar-refractivity contribution in [3.05, 3.63) is 102 Å². The summed E-state index contributed by atoms with van der Waals surface area (Å²) in [6.07, 6.45) is 4.57. The summed E-state index contributed by atoms with van der Waals surface area (Å²) in [5.74, 6) is 0.579. The Hall–Kier alpha value is -5.29. The van der Waals surface area contributed by atoms with Crippen molar-refractivity contribution in [3.8, 4) is 17.3 Å². The van der Waals surface area contributed by atoms with Gasteiger partial charge in [-0.2, -0.15) is 10.1 Å². The first-order valence-corrected chi connectivity index (χ1v) is 14.1. The molecule has 3 aromatic carbocycles. The van der Waals surface area contributed by atoms with Gasteiger partial charge in [0, 0.05) is 49.4 Å². The van der Waals surface area contributed by atoms with E-state index in [-0.39, 0.29) is 17.4 Å². The Morgan fingerprint density at radius 1 is 0.884 bits per heavy atom. The highest BCUT2D eigenvalue weighted by Gasteiger charge is 2.20. The number of piperazine rings is 1. The van der Waals surface area contributed by atoms with E-state index in [9.17, 15) is 4.79 Å². The quantitative estimate of drug-likeness (QED) is 0.257. The molecule has 43 heavy (non-hydrogen) atoms. The number of hydrogen-bond acceptors (Lipinski definition) is 9. The molecule has 5 aromatic rings. The zero-order valence-electron chi connectivity index (χ0n) is 24.4. The maximum atomic E-state index is 13.5. The molecule has 2 aromatic heterocycles. The molecule has 1 fully saturated rings. The van der Waals surface area contributed by atoms with Crippen molar-refractivity contribution >= 4 is 28.9 Å². The molecule has 1 amide bonds. The van der Waals surface area contributed by atoms with Gasteiger partial charge in [-0.1, -0.05) is 18.2 Å². The summed E-state index contributed by atoms with van der Waals surface area (Å²) < 4.78 is 7.83. The zero-order valence-corrected chi connectivity index (χ0v) is 24.4. The number of rotatable bonds is 8. The highest BCUT2D eigenvalue weighted by atomic mass is 16.5. The second-order valence-corrected chi connectivity index (χ2v) is 10.5. The van der Waals surface area contributed by atoms with Crippen LogP contribution in [0, 0.1) is 13.8 Å². The predicted molar refractivity (Wildman–Crippen MR) is 167 cm³/mol. The number of anilines is 4. The van der Waals surface area contributed by atoms with Gasteiger partial charge in [0.2, 0.25) is 11.8 Å². The van der Waals surface area contributed by atoms with E-state index in [1.165, 1.54) is 18.2 Å². The monoisotopic (exact) mass is 575 g/mol. The van der Waals surface area contributed by atoms with E-state index >= 15 is 0 Å². The lowest BCUT2D eigenvalue weighted by Gasteiger charge is -2.34. The molecular formula is C32H33N9O2. The number of carbonyl (C=O) groups excluding carboxylic acids is 1. The number of nitrogens with zero attached hydrogens (tertiary/aromatic N) is 7. The van der Waals surface area contributed by atoms with Crippen molar-refractivity contribution in [3.63, 3.8) is 0 Å². The Kier molecular flexibility index (Phi) is 7.96. The average Bonchev–Trinajstić information content (AvgIpc) is 3.56. The second-order valence-electron chi connectivity index (χ2n) is 10.5. The molecule has 0 radical (unpaired) electrons. The largest absolute Gasteiger partial charge is 0.438 e. The first kappa shape index (κ1) is 27.9. The smallest absolute Gasteiger partial charge is 0.262 e. The van der Waals surface area contributed by atoms with E-state index in [0.29, 0.717) is 11.7 Å². The summed E-state index contributed by atoms with van der Waals surface area (Å²) in [5.41, 5.74) is 5.70. The van der Waals surface area contributed by atoms with Crippen molar-refractivity contribution in [1.29, 1.82) is 0 Å². The van der Waals surface area contributed by atoms with Gasteiger partial charge in [0.25, 0.3) is 5.91 Å². The first-order chi connectivity index (χ1) is 20.9. The molecule has 0 atom stereocenters. The van der Waals surface area contributed by atoms with E-state index in [1.54, 1.807) is 23.1 Å². The number of aryl methyl sites for hydroxylation is 2. The standard InChI is InChI=1S/C32H33N9O2/c1-22-5-4-6-23(2)29(22)37-30(42)28-19-34-32(36-24-7-9-25(10-8-24)40-17-15-39(3)16-18-40)38-31(28)43-27-13-11-26(12-14-27)41-21-33-20-35-41/h4-14,19-21H,15-18H2,1-3H3,(H,37,42)(H,34,36,38). The lowest BCUT2D eigenvalue weighted by Crippen LogP contribution is -2.44. The van der Waals surface area contributed by atoms with Crippen LogP contribution in [0.25, 0.3) is 5.69 Å². The van der Waals surface area contributed by atoms with Gasteiger partial charge in [0.15, 0.2) is 0 Å². The number of para-hydroxylation sites is 1. The summed E-state index contributed by atoms with van der Waals surface area (Å²) >= 11 is 0. The molecule has 218 valence electrons. The molecule has 6 rings (SSSR count). The number of benzene rings is 3. The minimum atomic E-state index is -0.366. The van der Waals surface area contributed by atoms with Crippen molar-refractivity contribution < 1.29 is 9.53 Å². The molecule has 11 nitrogen and oxygen atoms in total. The van der Waals surface area contributed by atoms with Crippen LogP contribution < -0.4 is 20.3 Å². The van der Waals surface area contributed by atoms with E-state index in [2.05, 4.69) is 59.7 Å². The molecule has 0 unspecified atom stereocenters. The summed E-state index contributed by atoms with van der Waals surface area (Å²) in [7, 11) is 2.15. The second kappa shape index (κ2) is 12.3. The Balaban J connectivity index is 1.25. The fourth-order valence-electron chi connectivity index (χ4n) is 4.92. The Morgan fingerprint density at radius 3 is 2.26 bits per heavy atom. The van der Waals surface area contributed by atoms with Crippen LogP contribution in [0.4, 0.5) is 23.0 Å². The van der Waals surface area contributed by atoms with Gasteiger partial charge in [-0.15, -0.1) is 0 Å². The van der Waals surface area contributed by atoms with Crippen LogP contribution in [-0.4, -0.2) is 68.8 Å².